The van der Waals surface area contributed by atoms with E-state index in [4.69, 9.17) is 9.73 Å². The number of nitriles is 1. The van der Waals surface area contributed by atoms with E-state index in [0.29, 0.717) is 11.8 Å². The Kier molecular flexibility index (Phi) is 6.48. The van der Waals surface area contributed by atoms with Gasteiger partial charge < -0.3 is 9.72 Å². The molecule has 0 unspecified atom stereocenters. The highest BCUT2D eigenvalue weighted by Crippen LogP contribution is 2.38. The zero-order valence-electron chi connectivity index (χ0n) is 19.6. The average molecular weight is 440 g/mol. The molecule has 0 amide bonds. The molecule has 1 aromatic carbocycles. The fourth-order valence-corrected chi connectivity index (χ4v) is 5.75. The first-order chi connectivity index (χ1) is 16.3. The van der Waals surface area contributed by atoms with Crippen molar-refractivity contribution in [3.63, 3.8) is 0 Å². The van der Waals surface area contributed by atoms with E-state index >= 15 is 0 Å². The van der Waals surface area contributed by atoms with E-state index in [2.05, 4.69) is 35.3 Å². The summed E-state index contributed by atoms with van der Waals surface area (Å²) in [6.07, 6.45) is 14.5. The predicted octanol–water partition coefficient (Wildman–Crippen LogP) is 7.32. The molecule has 1 N–H and O–H groups in total. The molecule has 2 aromatic rings. The first kappa shape index (κ1) is 21.8. The molecule has 2 heterocycles. The minimum absolute atomic E-state index is 0.403. The fourth-order valence-electron chi connectivity index (χ4n) is 5.75. The number of rotatable bonds is 5. The minimum atomic E-state index is 0.403. The number of ether oxygens (including phenoxy) is 1. The summed E-state index contributed by atoms with van der Waals surface area (Å²) in [5.41, 5.74) is 7.20. The number of benzene rings is 1. The molecule has 2 fully saturated rings. The van der Waals surface area contributed by atoms with Crippen LogP contribution in [0.1, 0.15) is 87.1 Å². The third kappa shape index (κ3) is 4.55. The molecule has 1 aromatic heterocycles. The topological polar surface area (TPSA) is 61.2 Å². The number of aromatic amines is 1. The van der Waals surface area contributed by atoms with Gasteiger partial charge in [-0.1, -0.05) is 50.7 Å². The first-order valence-corrected chi connectivity index (χ1v) is 12.6. The highest BCUT2D eigenvalue weighted by atomic mass is 16.5. The van der Waals surface area contributed by atoms with Crippen molar-refractivity contribution in [3.8, 4) is 11.8 Å². The largest absolute Gasteiger partial charge is 0.497 e. The van der Waals surface area contributed by atoms with Gasteiger partial charge in [-0.2, -0.15) is 5.26 Å². The summed E-state index contributed by atoms with van der Waals surface area (Å²) < 4.78 is 5.39. The van der Waals surface area contributed by atoms with Crippen molar-refractivity contribution in [2.45, 2.75) is 70.1 Å². The zero-order chi connectivity index (χ0) is 22.6. The van der Waals surface area contributed by atoms with Gasteiger partial charge in [-0.15, -0.1) is 0 Å². The lowest BCUT2D eigenvalue weighted by atomic mass is 9.84. The lowest BCUT2D eigenvalue weighted by molar-refractivity contribution is 0.415. The maximum absolute atomic E-state index is 9.90. The monoisotopic (exact) mass is 439 g/mol. The zero-order valence-corrected chi connectivity index (χ0v) is 19.6. The lowest BCUT2D eigenvalue weighted by Gasteiger charge is -2.21. The van der Waals surface area contributed by atoms with Crippen molar-refractivity contribution < 1.29 is 4.74 Å². The summed E-state index contributed by atoms with van der Waals surface area (Å²) in [4.78, 5) is 8.86. The van der Waals surface area contributed by atoms with Gasteiger partial charge in [-0.05, 0) is 67.5 Å². The third-order valence-corrected chi connectivity index (χ3v) is 7.57. The van der Waals surface area contributed by atoms with Crippen LogP contribution < -0.4 is 4.74 Å². The van der Waals surface area contributed by atoms with Gasteiger partial charge in [0.15, 0.2) is 0 Å². The van der Waals surface area contributed by atoms with Gasteiger partial charge in [-0.3, -0.25) is 4.99 Å². The summed E-state index contributed by atoms with van der Waals surface area (Å²) in [5.74, 6) is 1.86. The molecule has 4 nitrogen and oxygen atoms in total. The Hall–Kier alpha value is -3.06. The van der Waals surface area contributed by atoms with Crippen LogP contribution in [0.3, 0.4) is 0 Å². The Bertz CT molecular complexity index is 1110. The van der Waals surface area contributed by atoms with Crippen molar-refractivity contribution in [1.82, 2.24) is 4.98 Å². The first-order valence-electron chi connectivity index (χ1n) is 12.6. The van der Waals surface area contributed by atoms with Crippen LogP contribution in [0.2, 0.25) is 0 Å². The quantitative estimate of drug-likeness (QED) is 0.531. The van der Waals surface area contributed by atoms with Crippen LogP contribution in [-0.4, -0.2) is 17.8 Å². The molecule has 5 rings (SSSR count). The highest BCUT2D eigenvalue weighted by Gasteiger charge is 2.28. The van der Waals surface area contributed by atoms with Crippen molar-refractivity contribution >= 4 is 11.3 Å². The Balaban J connectivity index is 1.59. The standard InChI is InChI=1S/C29H33N3O/c1-33-24-14-12-21(13-15-24)28(26-17-16-25(31-26)20-8-4-2-5-9-20)27-18-23(19-30)29(32-27)22-10-6-3-7-11-22/h12-18,20,22,31H,2-11H2,1H3/b28-27-. The van der Waals surface area contributed by atoms with Crippen LogP contribution in [-0.2, 0) is 0 Å². The molecule has 0 radical (unpaired) electrons. The molecular weight excluding hydrogens is 406 g/mol. The molecular formula is C29H33N3O. The summed E-state index contributed by atoms with van der Waals surface area (Å²) >= 11 is 0. The van der Waals surface area contributed by atoms with Crippen LogP contribution in [0.25, 0.3) is 5.57 Å². The van der Waals surface area contributed by atoms with Gasteiger partial charge in [0.05, 0.1) is 24.1 Å². The molecule has 2 aliphatic carbocycles. The second-order valence-corrected chi connectivity index (χ2v) is 9.65. The molecule has 0 atom stereocenters. The molecule has 0 saturated heterocycles. The second-order valence-electron chi connectivity index (χ2n) is 9.65. The van der Waals surface area contributed by atoms with E-state index in [-0.39, 0.29) is 0 Å². The van der Waals surface area contributed by atoms with Crippen molar-refractivity contribution in [2.24, 2.45) is 10.9 Å². The normalized spacial score (nSPS) is 21.3. The number of aliphatic imine (C=N–C) groups is 1. The number of H-pyrrole nitrogens is 1. The van der Waals surface area contributed by atoms with Gasteiger partial charge in [0.25, 0.3) is 0 Å². The number of nitrogens with one attached hydrogen (secondary N) is 1. The predicted molar refractivity (Wildman–Crippen MR) is 133 cm³/mol. The fraction of sp³-hybridized carbons (Fsp3) is 0.448. The molecule has 3 aliphatic rings. The van der Waals surface area contributed by atoms with Crippen molar-refractivity contribution in [1.29, 1.82) is 5.26 Å². The number of hydrogen-bond acceptors (Lipinski definition) is 3. The average Bonchev–Trinajstić information content (AvgIpc) is 3.54. The second kappa shape index (κ2) is 9.83. The van der Waals surface area contributed by atoms with Crippen LogP contribution in [0.5, 0.6) is 5.75 Å². The number of allylic oxidation sites excluding steroid dienone is 2. The molecule has 4 heteroatoms. The van der Waals surface area contributed by atoms with Crippen LogP contribution in [0, 0.1) is 17.2 Å². The van der Waals surface area contributed by atoms with E-state index < -0.39 is 0 Å². The van der Waals surface area contributed by atoms with Crippen molar-refractivity contribution in [2.75, 3.05) is 7.11 Å². The van der Waals surface area contributed by atoms with Gasteiger partial charge in [0.1, 0.15) is 11.8 Å². The number of hydrogen-bond donors (Lipinski definition) is 1. The van der Waals surface area contributed by atoms with Crippen molar-refractivity contribution in [3.05, 3.63) is 70.7 Å². The summed E-state index contributed by atoms with van der Waals surface area (Å²) in [6, 6.07) is 15.1. The van der Waals surface area contributed by atoms with Crippen LogP contribution >= 0.6 is 0 Å². The lowest BCUT2D eigenvalue weighted by Crippen LogP contribution is -2.17. The van der Waals surface area contributed by atoms with E-state index in [9.17, 15) is 5.26 Å². The maximum atomic E-state index is 9.90. The Morgan fingerprint density at radius 2 is 1.58 bits per heavy atom. The SMILES string of the molecule is COc1ccc(/C(=C2\C=C(C#N)C(C3CCCCC3)=N2)c2ccc(C3CCCCC3)[nH]2)cc1. The number of methoxy groups -OCH3 is 1. The van der Waals surface area contributed by atoms with Crippen LogP contribution in [0.4, 0.5) is 0 Å². The Labute approximate surface area is 197 Å². The molecule has 2 saturated carbocycles. The Morgan fingerprint density at radius 1 is 0.909 bits per heavy atom. The molecule has 33 heavy (non-hydrogen) atoms. The minimum Gasteiger partial charge on any atom is -0.497 e. The summed E-state index contributed by atoms with van der Waals surface area (Å²) in [6.45, 7) is 0. The maximum Gasteiger partial charge on any atom is 0.118 e. The van der Waals surface area contributed by atoms with Gasteiger partial charge in [-0.25, -0.2) is 0 Å². The summed E-state index contributed by atoms with van der Waals surface area (Å²) in [7, 11) is 1.69. The van der Waals surface area contributed by atoms with E-state index in [1.807, 2.05) is 18.2 Å². The molecule has 0 spiro atoms. The van der Waals surface area contributed by atoms with E-state index in [0.717, 1.165) is 52.4 Å². The third-order valence-electron chi connectivity index (χ3n) is 7.57. The van der Waals surface area contributed by atoms with Gasteiger partial charge in [0, 0.05) is 22.9 Å². The number of aromatic nitrogens is 1. The molecule has 1 aliphatic heterocycles. The van der Waals surface area contributed by atoms with E-state index in [1.165, 1.54) is 57.1 Å². The van der Waals surface area contributed by atoms with Gasteiger partial charge >= 0.3 is 0 Å². The molecule has 170 valence electrons. The van der Waals surface area contributed by atoms with Gasteiger partial charge in [0.2, 0.25) is 0 Å². The Morgan fingerprint density at radius 3 is 2.21 bits per heavy atom. The van der Waals surface area contributed by atoms with E-state index in [1.54, 1.807) is 7.11 Å². The number of nitrogens with zero attached hydrogens (tertiary/aromatic N) is 2. The molecule has 0 bridgehead atoms. The highest BCUT2D eigenvalue weighted by molar-refractivity contribution is 6.09. The van der Waals surface area contributed by atoms with Crippen LogP contribution in [0.15, 0.2) is 58.7 Å². The summed E-state index contributed by atoms with van der Waals surface area (Å²) in [5, 5.41) is 9.90. The smallest absolute Gasteiger partial charge is 0.118 e.